The van der Waals surface area contributed by atoms with Crippen molar-refractivity contribution >= 4 is 11.9 Å². The number of hydrogen-bond acceptors (Lipinski definition) is 4. The second kappa shape index (κ2) is 10.1. The van der Waals surface area contributed by atoms with Gasteiger partial charge in [0.1, 0.15) is 0 Å². The molecule has 132 valence electrons. The molecular formula is C20H28O4. The highest BCUT2D eigenvalue weighted by molar-refractivity contribution is 5.95. The second-order valence-corrected chi connectivity index (χ2v) is 6.50. The van der Waals surface area contributed by atoms with Crippen LogP contribution in [0.3, 0.4) is 0 Å². The Morgan fingerprint density at radius 2 is 1.62 bits per heavy atom. The molecule has 0 spiro atoms. The molecule has 4 nitrogen and oxygen atoms in total. The van der Waals surface area contributed by atoms with E-state index in [-0.39, 0.29) is 11.9 Å². The maximum atomic E-state index is 12.1. The van der Waals surface area contributed by atoms with Crippen molar-refractivity contribution in [2.75, 3.05) is 13.2 Å². The number of unbranched alkanes of at least 4 members (excludes halogenated alkanes) is 1. The summed E-state index contributed by atoms with van der Waals surface area (Å²) in [6.07, 6.45) is 9.16. The van der Waals surface area contributed by atoms with E-state index in [0.29, 0.717) is 30.3 Å². The third-order valence-electron chi connectivity index (χ3n) is 4.55. The Morgan fingerprint density at radius 3 is 2.25 bits per heavy atom. The molecule has 0 N–H and O–H groups in total. The van der Waals surface area contributed by atoms with Crippen LogP contribution in [0.25, 0.3) is 0 Å². The van der Waals surface area contributed by atoms with Gasteiger partial charge >= 0.3 is 11.9 Å². The standard InChI is InChI=1S/C20H28O4/c1-2-3-13-23-19(21)17-10-7-11-18(15-17)20(22)24-14-12-16-8-5-4-6-9-16/h7,10-11,15-16H,2-6,8-9,12-14H2,1H3. The largest absolute Gasteiger partial charge is 0.462 e. The van der Waals surface area contributed by atoms with Crippen LogP contribution in [-0.4, -0.2) is 25.2 Å². The van der Waals surface area contributed by atoms with Crippen molar-refractivity contribution in [1.82, 2.24) is 0 Å². The van der Waals surface area contributed by atoms with Crippen LogP contribution >= 0.6 is 0 Å². The zero-order chi connectivity index (χ0) is 17.2. The van der Waals surface area contributed by atoms with Crippen LogP contribution in [0, 0.1) is 5.92 Å². The summed E-state index contributed by atoms with van der Waals surface area (Å²) >= 11 is 0. The Hall–Kier alpha value is -1.84. The Labute approximate surface area is 144 Å². The zero-order valence-corrected chi connectivity index (χ0v) is 14.6. The average molecular weight is 332 g/mol. The molecule has 1 aliphatic carbocycles. The fourth-order valence-electron chi connectivity index (χ4n) is 3.04. The predicted molar refractivity (Wildman–Crippen MR) is 93.1 cm³/mol. The molecule has 0 bridgehead atoms. The molecule has 0 atom stereocenters. The quantitative estimate of drug-likeness (QED) is 0.508. The molecule has 1 aromatic carbocycles. The lowest BCUT2D eigenvalue weighted by molar-refractivity contribution is 0.0474. The first kappa shape index (κ1) is 18.5. The van der Waals surface area contributed by atoms with E-state index >= 15 is 0 Å². The minimum Gasteiger partial charge on any atom is -0.462 e. The number of hydrogen-bond donors (Lipinski definition) is 0. The van der Waals surface area contributed by atoms with Crippen LogP contribution in [0.2, 0.25) is 0 Å². The van der Waals surface area contributed by atoms with Crippen molar-refractivity contribution < 1.29 is 19.1 Å². The van der Waals surface area contributed by atoms with Gasteiger partial charge in [0.2, 0.25) is 0 Å². The van der Waals surface area contributed by atoms with Gasteiger partial charge in [0.05, 0.1) is 24.3 Å². The van der Waals surface area contributed by atoms with E-state index in [4.69, 9.17) is 9.47 Å². The third kappa shape index (κ3) is 5.99. The fourth-order valence-corrected chi connectivity index (χ4v) is 3.04. The van der Waals surface area contributed by atoms with E-state index in [1.54, 1.807) is 24.3 Å². The van der Waals surface area contributed by atoms with Gasteiger partial charge in [0.15, 0.2) is 0 Å². The van der Waals surface area contributed by atoms with E-state index in [2.05, 4.69) is 0 Å². The van der Waals surface area contributed by atoms with E-state index in [1.807, 2.05) is 6.92 Å². The topological polar surface area (TPSA) is 52.6 Å². The maximum absolute atomic E-state index is 12.1. The monoisotopic (exact) mass is 332 g/mol. The van der Waals surface area contributed by atoms with Crippen molar-refractivity contribution in [2.45, 2.75) is 58.3 Å². The SMILES string of the molecule is CCCCOC(=O)c1cccc(C(=O)OCCC2CCCCC2)c1. The Balaban J connectivity index is 1.80. The molecule has 0 amide bonds. The normalized spacial score (nSPS) is 15.0. The molecule has 0 aliphatic heterocycles. The van der Waals surface area contributed by atoms with Crippen molar-refractivity contribution in [2.24, 2.45) is 5.92 Å². The summed E-state index contributed by atoms with van der Waals surface area (Å²) in [6.45, 7) is 2.90. The molecule has 0 radical (unpaired) electrons. The smallest absolute Gasteiger partial charge is 0.338 e. The van der Waals surface area contributed by atoms with Crippen LogP contribution < -0.4 is 0 Å². The van der Waals surface area contributed by atoms with Crippen molar-refractivity contribution in [3.05, 3.63) is 35.4 Å². The first-order chi connectivity index (χ1) is 11.7. The van der Waals surface area contributed by atoms with Gasteiger partial charge < -0.3 is 9.47 Å². The van der Waals surface area contributed by atoms with Gasteiger partial charge in [0, 0.05) is 0 Å². The van der Waals surface area contributed by atoms with Crippen molar-refractivity contribution in [3.63, 3.8) is 0 Å². The molecular weight excluding hydrogens is 304 g/mol. The van der Waals surface area contributed by atoms with Gasteiger partial charge in [-0.15, -0.1) is 0 Å². The van der Waals surface area contributed by atoms with Gasteiger partial charge in [-0.1, -0.05) is 51.5 Å². The lowest BCUT2D eigenvalue weighted by Crippen LogP contribution is -2.13. The molecule has 2 rings (SSSR count). The maximum Gasteiger partial charge on any atom is 0.338 e. The number of benzene rings is 1. The first-order valence-electron chi connectivity index (χ1n) is 9.15. The van der Waals surface area contributed by atoms with E-state index in [1.165, 1.54) is 32.1 Å². The second-order valence-electron chi connectivity index (χ2n) is 6.50. The summed E-state index contributed by atoms with van der Waals surface area (Å²) in [5, 5.41) is 0. The van der Waals surface area contributed by atoms with Crippen molar-refractivity contribution in [1.29, 1.82) is 0 Å². The molecule has 24 heavy (non-hydrogen) atoms. The molecule has 4 heteroatoms. The summed E-state index contributed by atoms with van der Waals surface area (Å²) < 4.78 is 10.5. The number of esters is 2. The molecule has 1 aliphatic rings. The van der Waals surface area contributed by atoms with Crippen LogP contribution in [-0.2, 0) is 9.47 Å². The molecule has 0 unspecified atom stereocenters. The molecule has 0 saturated heterocycles. The number of carbonyl (C=O) groups excluding carboxylic acids is 2. The molecule has 0 heterocycles. The first-order valence-corrected chi connectivity index (χ1v) is 9.15. The summed E-state index contributed by atoms with van der Waals surface area (Å²) in [5.41, 5.74) is 0.802. The Morgan fingerprint density at radius 1 is 1.00 bits per heavy atom. The van der Waals surface area contributed by atoms with Gasteiger partial charge in [-0.25, -0.2) is 9.59 Å². The summed E-state index contributed by atoms with van der Waals surface area (Å²) in [5.74, 6) is -0.0687. The lowest BCUT2D eigenvalue weighted by Gasteiger charge is -2.21. The highest BCUT2D eigenvalue weighted by Crippen LogP contribution is 2.26. The average Bonchev–Trinajstić information content (AvgIpc) is 2.63. The van der Waals surface area contributed by atoms with Crippen LogP contribution in [0.1, 0.15) is 79.0 Å². The summed E-state index contributed by atoms with van der Waals surface area (Å²) in [4.78, 5) is 24.1. The highest BCUT2D eigenvalue weighted by Gasteiger charge is 2.15. The number of carbonyl (C=O) groups is 2. The number of rotatable bonds is 8. The minimum absolute atomic E-state index is 0.367. The van der Waals surface area contributed by atoms with Gasteiger partial charge in [-0.2, -0.15) is 0 Å². The molecule has 1 fully saturated rings. The fraction of sp³-hybridized carbons (Fsp3) is 0.600. The van der Waals surface area contributed by atoms with Crippen LogP contribution in [0.5, 0.6) is 0 Å². The Bertz CT molecular complexity index is 532. The molecule has 1 saturated carbocycles. The highest BCUT2D eigenvalue weighted by atomic mass is 16.5. The van der Waals surface area contributed by atoms with E-state index in [0.717, 1.165) is 19.3 Å². The Kier molecular flexibility index (Phi) is 7.80. The third-order valence-corrected chi connectivity index (χ3v) is 4.55. The zero-order valence-electron chi connectivity index (χ0n) is 14.6. The molecule has 0 aromatic heterocycles. The van der Waals surface area contributed by atoms with Gasteiger partial charge in [-0.3, -0.25) is 0 Å². The summed E-state index contributed by atoms with van der Waals surface area (Å²) in [6, 6.07) is 6.57. The lowest BCUT2D eigenvalue weighted by atomic mass is 9.87. The molecule has 1 aromatic rings. The van der Waals surface area contributed by atoms with E-state index < -0.39 is 0 Å². The van der Waals surface area contributed by atoms with E-state index in [9.17, 15) is 9.59 Å². The predicted octanol–water partition coefficient (Wildman–Crippen LogP) is 4.77. The van der Waals surface area contributed by atoms with Crippen LogP contribution in [0.4, 0.5) is 0 Å². The van der Waals surface area contributed by atoms with Gasteiger partial charge in [0.25, 0.3) is 0 Å². The minimum atomic E-state index is -0.389. The van der Waals surface area contributed by atoms with Crippen LogP contribution in [0.15, 0.2) is 24.3 Å². The number of ether oxygens (including phenoxy) is 2. The summed E-state index contributed by atoms with van der Waals surface area (Å²) in [7, 11) is 0. The van der Waals surface area contributed by atoms with Gasteiger partial charge in [-0.05, 0) is 37.0 Å². The van der Waals surface area contributed by atoms with Crippen molar-refractivity contribution in [3.8, 4) is 0 Å².